The van der Waals surface area contributed by atoms with Crippen LogP contribution in [0, 0.1) is 6.92 Å². The maximum atomic E-state index is 12.5. The van der Waals surface area contributed by atoms with Crippen molar-refractivity contribution in [3.05, 3.63) is 76.3 Å². The van der Waals surface area contributed by atoms with Crippen molar-refractivity contribution in [1.29, 1.82) is 0 Å². The zero-order valence-corrected chi connectivity index (χ0v) is 13.9. The molecule has 0 unspecified atom stereocenters. The van der Waals surface area contributed by atoms with Gasteiger partial charge in [0.25, 0.3) is 0 Å². The van der Waals surface area contributed by atoms with Crippen molar-refractivity contribution in [3.63, 3.8) is 0 Å². The summed E-state index contributed by atoms with van der Waals surface area (Å²) in [6.07, 6.45) is 1.75. The van der Waals surface area contributed by atoms with Gasteiger partial charge in [-0.3, -0.25) is 9.13 Å². The summed E-state index contributed by atoms with van der Waals surface area (Å²) in [5.74, 6) is 1.44. The summed E-state index contributed by atoms with van der Waals surface area (Å²) in [6, 6.07) is 17.2. The first-order valence-electron chi connectivity index (χ1n) is 7.63. The quantitative estimate of drug-likeness (QED) is 0.693. The van der Waals surface area contributed by atoms with Crippen molar-refractivity contribution >= 4 is 12.0 Å². The minimum Gasteiger partial charge on any atom is -0.497 e. The number of imidazole rings is 1. The number of aliphatic imine (C=N–C) groups is 1. The highest BCUT2D eigenvalue weighted by atomic mass is 16.5. The molecule has 2 aromatic carbocycles. The Morgan fingerprint density at radius 3 is 2.33 bits per heavy atom. The van der Waals surface area contributed by atoms with Crippen LogP contribution in [0.25, 0.3) is 5.69 Å². The Morgan fingerprint density at radius 2 is 1.71 bits per heavy atom. The Morgan fingerprint density at radius 1 is 1.04 bits per heavy atom. The van der Waals surface area contributed by atoms with E-state index in [2.05, 4.69) is 4.99 Å². The normalized spacial score (nSPS) is 11.1. The lowest BCUT2D eigenvalue weighted by Crippen LogP contribution is -2.21. The van der Waals surface area contributed by atoms with Gasteiger partial charge in [0.2, 0.25) is 0 Å². The van der Waals surface area contributed by atoms with Crippen LogP contribution in [0.4, 0.5) is 5.82 Å². The molecule has 24 heavy (non-hydrogen) atoms. The molecule has 0 aliphatic carbocycles. The molecule has 5 heteroatoms. The van der Waals surface area contributed by atoms with Gasteiger partial charge < -0.3 is 4.74 Å². The van der Waals surface area contributed by atoms with Crippen LogP contribution in [0.2, 0.25) is 0 Å². The number of ether oxygens (including phenoxy) is 1. The second-order valence-electron chi connectivity index (χ2n) is 5.45. The van der Waals surface area contributed by atoms with Crippen LogP contribution in [0.15, 0.2) is 64.4 Å². The maximum absolute atomic E-state index is 12.5. The van der Waals surface area contributed by atoms with Crippen LogP contribution in [0.1, 0.15) is 11.3 Å². The second kappa shape index (κ2) is 6.58. The summed E-state index contributed by atoms with van der Waals surface area (Å²) in [5.41, 5.74) is 2.47. The third kappa shape index (κ3) is 2.88. The summed E-state index contributed by atoms with van der Waals surface area (Å²) >= 11 is 0. The minimum atomic E-state index is -0.111. The summed E-state index contributed by atoms with van der Waals surface area (Å²) in [6.45, 7) is 1.90. The maximum Gasteiger partial charge on any atom is 0.334 e. The van der Waals surface area contributed by atoms with Crippen molar-refractivity contribution in [1.82, 2.24) is 9.13 Å². The van der Waals surface area contributed by atoms with E-state index in [9.17, 15) is 4.79 Å². The number of nitrogens with zero attached hydrogens (tertiary/aromatic N) is 3. The molecule has 5 nitrogen and oxygen atoms in total. The van der Waals surface area contributed by atoms with Crippen LogP contribution in [0.5, 0.6) is 5.75 Å². The van der Waals surface area contributed by atoms with Gasteiger partial charge in [-0.05, 0) is 48.9 Å². The molecule has 0 spiro atoms. The molecular formula is C19H19N3O2. The van der Waals surface area contributed by atoms with Crippen LogP contribution < -0.4 is 10.4 Å². The number of benzene rings is 2. The molecule has 122 valence electrons. The van der Waals surface area contributed by atoms with Crippen molar-refractivity contribution < 1.29 is 4.74 Å². The van der Waals surface area contributed by atoms with Gasteiger partial charge in [-0.2, -0.15) is 0 Å². The van der Waals surface area contributed by atoms with Gasteiger partial charge in [0.1, 0.15) is 5.75 Å². The molecule has 3 aromatic rings. The van der Waals surface area contributed by atoms with E-state index in [4.69, 9.17) is 4.74 Å². The molecule has 0 fully saturated rings. The third-order valence-electron chi connectivity index (χ3n) is 3.92. The zero-order chi connectivity index (χ0) is 17.1. The zero-order valence-electron chi connectivity index (χ0n) is 13.9. The molecular weight excluding hydrogens is 302 g/mol. The lowest BCUT2D eigenvalue weighted by Gasteiger charge is -2.03. The fraction of sp³-hybridized carbons (Fsp3) is 0.158. The predicted molar refractivity (Wildman–Crippen MR) is 96.0 cm³/mol. The van der Waals surface area contributed by atoms with E-state index in [1.54, 1.807) is 29.5 Å². The van der Waals surface area contributed by atoms with Crippen LogP contribution in [-0.4, -0.2) is 22.5 Å². The van der Waals surface area contributed by atoms with Crippen molar-refractivity contribution in [3.8, 4) is 11.4 Å². The average Bonchev–Trinajstić information content (AvgIpc) is 2.83. The molecule has 0 bridgehead atoms. The van der Waals surface area contributed by atoms with Gasteiger partial charge in [-0.15, -0.1) is 0 Å². The highest BCUT2D eigenvalue weighted by Crippen LogP contribution is 2.20. The molecule has 1 aromatic heterocycles. The van der Waals surface area contributed by atoms with E-state index < -0.39 is 0 Å². The number of para-hydroxylation sites is 1. The van der Waals surface area contributed by atoms with Gasteiger partial charge in [0.05, 0.1) is 18.5 Å². The van der Waals surface area contributed by atoms with Crippen molar-refractivity contribution in [2.45, 2.75) is 6.92 Å². The van der Waals surface area contributed by atoms with Crippen LogP contribution >= 0.6 is 0 Å². The Balaban J connectivity index is 2.00. The molecule has 0 atom stereocenters. The highest BCUT2D eigenvalue weighted by molar-refractivity contribution is 5.82. The molecule has 0 saturated heterocycles. The van der Waals surface area contributed by atoms with Crippen LogP contribution in [-0.2, 0) is 7.05 Å². The van der Waals surface area contributed by atoms with Gasteiger partial charge in [-0.25, -0.2) is 9.79 Å². The molecule has 1 heterocycles. The first kappa shape index (κ1) is 15.8. The SMILES string of the molecule is COc1ccc(/C=N/c2c(C)n(-c3ccccc3)c(=O)n2C)cc1. The topological polar surface area (TPSA) is 48.5 Å². The summed E-state index contributed by atoms with van der Waals surface area (Å²) in [5, 5.41) is 0. The number of aromatic nitrogens is 2. The molecule has 0 amide bonds. The van der Waals surface area contributed by atoms with E-state index in [1.807, 2.05) is 61.5 Å². The molecule has 0 N–H and O–H groups in total. The minimum absolute atomic E-state index is 0.111. The Hall–Kier alpha value is -3.08. The van der Waals surface area contributed by atoms with E-state index in [0.717, 1.165) is 22.7 Å². The van der Waals surface area contributed by atoms with E-state index in [1.165, 1.54) is 0 Å². The molecule has 3 rings (SSSR count). The first-order valence-corrected chi connectivity index (χ1v) is 7.63. The van der Waals surface area contributed by atoms with Crippen LogP contribution in [0.3, 0.4) is 0 Å². The molecule has 0 aliphatic heterocycles. The fourth-order valence-corrected chi connectivity index (χ4v) is 2.61. The number of hydrogen-bond donors (Lipinski definition) is 0. The van der Waals surface area contributed by atoms with Crippen molar-refractivity contribution in [2.75, 3.05) is 7.11 Å². The summed E-state index contributed by atoms with van der Waals surface area (Å²) in [7, 11) is 3.37. The lowest BCUT2D eigenvalue weighted by atomic mass is 10.2. The lowest BCUT2D eigenvalue weighted by molar-refractivity contribution is 0.415. The van der Waals surface area contributed by atoms with E-state index in [-0.39, 0.29) is 5.69 Å². The molecule has 0 saturated carbocycles. The standard InChI is InChI=1S/C19H19N3O2/c1-14-18(20-13-15-9-11-17(24-3)12-10-15)21(2)19(23)22(14)16-7-5-4-6-8-16/h4-13H,1-3H3/b20-13+. The van der Waals surface area contributed by atoms with E-state index >= 15 is 0 Å². The Bertz CT molecular complexity index is 920. The predicted octanol–water partition coefficient (Wildman–Crippen LogP) is 3.24. The monoisotopic (exact) mass is 321 g/mol. The largest absolute Gasteiger partial charge is 0.497 e. The van der Waals surface area contributed by atoms with Gasteiger partial charge in [0.15, 0.2) is 5.82 Å². The Labute approximate surface area is 140 Å². The van der Waals surface area contributed by atoms with Gasteiger partial charge in [-0.1, -0.05) is 18.2 Å². The summed E-state index contributed by atoms with van der Waals surface area (Å²) in [4.78, 5) is 17.1. The third-order valence-corrected chi connectivity index (χ3v) is 3.92. The number of hydrogen-bond acceptors (Lipinski definition) is 3. The van der Waals surface area contributed by atoms with Gasteiger partial charge in [0, 0.05) is 13.3 Å². The summed E-state index contributed by atoms with van der Waals surface area (Å²) < 4.78 is 8.37. The molecule has 0 aliphatic rings. The first-order chi connectivity index (χ1) is 11.6. The van der Waals surface area contributed by atoms with E-state index in [0.29, 0.717) is 5.82 Å². The fourth-order valence-electron chi connectivity index (χ4n) is 2.61. The smallest absolute Gasteiger partial charge is 0.334 e. The number of methoxy groups -OCH3 is 1. The second-order valence-corrected chi connectivity index (χ2v) is 5.45. The number of rotatable bonds is 4. The molecule has 0 radical (unpaired) electrons. The van der Waals surface area contributed by atoms with Crippen molar-refractivity contribution in [2.24, 2.45) is 12.0 Å². The highest BCUT2D eigenvalue weighted by Gasteiger charge is 2.14. The average molecular weight is 321 g/mol. The Kier molecular flexibility index (Phi) is 4.33. The van der Waals surface area contributed by atoms with Gasteiger partial charge >= 0.3 is 5.69 Å².